The van der Waals surface area contributed by atoms with Crippen molar-refractivity contribution in [2.75, 3.05) is 0 Å². The van der Waals surface area contributed by atoms with Gasteiger partial charge in [-0.25, -0.2) is 0 Å². The van der Waals surface area contributed by atoms with E-state index in [2.05, 4.69) is 41.2 Å². The van der Waals surface area contributed by atoms with Crippen molar-refractivity contribution in [2.45, 2.75) is 37.6 Å². The number of hydrogen-bond donors (Lipinski definition) is 1. The Kier molecular flexibility index (Phi) is 2.10. The van der Waals surface area contributed by atoms with Gasteiger partial charge in [0.2, 0.25) is 0 Å². The number of thiophene rings is 1. The molecule has 2 N–H and O–H groups in total. The molecule has 3 heteroatoms. The molecule has 0 radical (unpaired) electrons. The normalized spacial score (nSPS) is 20.3. The van der Waals surface area contributed by atoms with Gasteiger partial charge in [-0.05, 0) is 45.8 Å². The molecule has 0 unspecified atom stereocenters. The topological polar surface area (TPSA) is 26.0 Å². The van der Waals surface area contributed by atoms with E-state index in [1.165, 1.54) is 9.35 Å². The quantitative estimate of drug-likeness (QED) is 0.867. The fourth-order valence-corrected chi connectivity index (χ4v) is 3.01. The first kappa shape index (κ1) is 9.69. The van der Waals surface area contributed by atoms with E-state index in [4.69, 9.17) is 5.73 Å². The van der Waals surface area contributed by atoms with Gasteiger partial charge in [-0.1, -0.05) is 13.8 Å². The van der Waals surface area contributed by atoms with Crippen LogP contribution in [0.5, 0.6) is 0 Å². The Morgan fingerprint density at radius 1 is 1.54 bits per heavy atom. The number of hydrogen-bond acceptors (Lipinski definition) is 2. The molecule has 1 heterocycles. The Morgan fingerprint density at radius 2 is 2.15 bits per heavy atom. The van der Waals surface area contributed by atoms with Crippen molar-refractivity contribution in [3.8, 4) is 0 Å². The fraction of sp³-hybridized carbons (Fsp3) is 0.600. The van der Waals surface area contributed by atoms with Crippen molar-refractivity contribution in [1.82, 2.24) is 0 Å². The van der Waals surface area contributed by atoms with Gasteiger partial charge in [-0.3, -0.25) is 0 Å². The van der Waals surface area contributed by atoms with E-state index >= 15 is 0 Å². The summed E-state index contributed by atoms with van der Waals surface area (Å²) in [5.74, 6) is 0. The van der Waals surface area contributed by atoms with Crippen LogP contribution in [0.15, 0.2) is 15.2 Å². The first-order chi connectivity index (χ1) is 5.96. The summed E-state index contributed by atoms with van der Waals surface area (Å²) in [6.07, 6.45) is 2.32. The van der Waals surface area contributed by atoms with Gasteiger partial charge in [0, 0.05) is 11.0 Å². The van der Waals surface area contributed by atoms with E-state index in [0.29, 0.717) is 0 Å². The second kappa shape index (κ2) is 2.81. The number of rotatable bonds is 2. The van der Waals surface area contributed by atoms with Gasteiger partial charge < -0.3 is 5.73 Å². The first-order valence-electron chi connectivity index (χ1n) is 4.49. The Labute approximate surface area is 91.5 Å². The molecule has 1 fully saturated rings. The summed E-state index contributed by atoms with van der Waals surface area (Å²) in [7, 11) is 0. The average Bonchev–Trinajstić information content (AvgIpc) is 2.63. The molecular formula is C10H14BrNS. The number of nitrogens with two attached hydrogens (primary N) is 1. The summed E-state index contributed by atoms with van der Waals surface area (Å²) in [5.41, 5.74) is 7.79. The van der Waals surface area contributed by atoms with E-state index in [-0.39, 0.29) is 11.0 Å². The largest absolute Gasteiger partial charge is 0.324 e. The first-order valence-corrected chi connectivity index (χ1v) is 6.16. The second-order valence-electron chi connectivity index (χ2n) is 4.42. The highest BCUT2D eigenvalue weighted by atomic mass is 79.9. The summed E-state index contributed by atoms with van der Waals surface area (Å²) >= 11 is 5.23. The van der Waals surface area contributed by atoms with Crippen molar-refractivity contribution in [2.24, 2.45) is 5.73 Å². The molecule has 0 aromatic carbocycles. The molecule has 1 aliphatic rings. The zero-order chi connectivity index (χ0) is 9.69. The predicted octanol–water partition coefficient (Wildman–Crippen LogP) is 3.28. The van der Waals surface area contributed by atoms with E-state index in [1.807, 2.05) is 0 Å². The summed E-state index contributed by atoms with van der Waals surface area (Å²) in [6.45, 7) is 4.49. The van der Waals surface area contributed by atoms with Gasteiger partial charge in [0.25, 0.3) is 0 Å². The summed E-state index contributed by atoms with van der Waals surface area (Å²) in [6, 6.07) is 2.19. The average molecular weight is 260 g/mol. The molecule has 72 valence electrons. The van der Waals surface area contributed by atoms with Gasteiger partial charge in [-0.2, -0.15) is 0 Å². The molecule has 13 heavy (non-hydrogen) atoms. The van der Waals surface area contributed by atoms with Crippen LogP contribution in [0.1, 0.15) is 32.3 Å². The highest BCUT2D eigenvalue weighted by Crippen LogP contribution is 2.50. The third kappa shape index (κ3) is 1.47. The predicted molar refractivity (Wildman–Crippen MR) is 61.2 cm³/mol. The van der Waals surface area contributed by atoms with Gasteiger partial charge in [0.05, 0.1) is 3.79 Å². The Bertz CT molecular complexity index is 325. The van der Waals surface area contributed by atoms with Crippen LogP contribution >= 0.6 is 27.3 Å². The van der Waals surface area contributed by atoms with Crippen LogP contribution in [0.3, 0.4) is 0 Å². The van der Waals surface area contributed by atoms with Crippen molar-refractivity contribution in [1.29, 1.82) is 0 Å². The Balaban J connectivity index is 2.34. The van der Waals surface area contributed by atoms with Crippen LogP contribution in [0.4, 0.5) is 0 Å². The van der Waals surface area contributed by atoms with Crippen molar-refractivity contribution in [3.05, 3.63) is 20.8 Å². The van der Waals surface area contributed by atoms with Gasteiger partial charge in [0.1, 0.15) is 0 Å². The highest BCUT2D eigenvalue weighted by Gasteiger charge is 2.52. The van der Waals surface area contributed by atoms with Gasteiger partial charge in [0.15, 0.2) is 0 Å². The van der Waals surface area contributed by atoms with Crippen LogP contribution in [0.2, 0.25) is 0 Å². The Hall–Kier alpha value is 0.140. The van der Waals surface area contributed by atoms with Crippen molar-refractivity contribution >= 4 is 27.3 Å². The van der Waals surface area contributed by atoms with Crippen molar-refractivity contribution < 1.29 is 0 Å². The summed E-state index contributed by atoms with van der Waals surface area (Å²) in [5, 5.41) is 2.21. The third-order valence-corrected chi connectivity index (χ3v) is 4.83. The minimum Gasteiger partial charge on any atom is -0.324 e. The maximum Gasteiger partial charge on any atom is 0.0701 e. The SMILES string of the molecule is CC(C)(c1csc(Br)c1)C1(N)CC1. The minimum atomic E-state index is 0.0491. The minimum absolute atomic E-state index is 0.0491. The summed E-state index contributed by atoms with van der Waals surface area (Å²) < 4.78 is 1.19. The van der Waals surface area contributed by atoms with Crippen LogP contribution < -0.4 is 5.73 Å². The zero-order valence-electron chi connectivity index (χ0n) is 7.93. The van der Waals surface area contributed by atoms with Gasteiger partial charge in [-0.15, -0.1) is 11.3 Å². The second-order valence-corrected chi connectivity index (χ2v) is 6.71. The zero-order valence-corrected chi connectivity index (χ0v) is 10.3. The molecule has 1 aromatic rings. The molecule has 1 nitrogen and oxygen atoms in total. The lowest BCUT2D eigenvalue weighted by molar-refractivity contribution is 0.392. The molecule has 2 rings (SSSR count). The number of halogens is 1. The van der Waals surface area contributed by atoms with E-state index < -0.39 is 0 Å². The van der Waals surface area contributed by atoms with Crippen LogP contribution in [-0.4, -0.2) is 5.54 Å². The van der Waals surface area contributed by atoms with Crippen LogP contribution in [-0.2, 0) is 5.41 Å². The lowest BCUT2D eigenvalue weighted by Crippen LogP contribution is -2.42. The van der Waals surface area contributed by atoms with E-state index in [1.54, 1.807) is 11.3 Å². The van der Waals surface area contributed by atoms with Crippen LogP contribution in [0, 0.1) is 0 Å². The summed E-state index contributed by atoms with van der Waals surface area (Å²) in [4.78, 5) is 0. The van der Waals surface area contributed by atoms with Crippen molar-refractivity contribution in [3.63, 3.8) is 0 Å². The lowest BCUT2D eigenvalue weighted by atomic mass is 9.77. The van der Waals surface area contributed by atoms with E-state index in [9.17, 15) is 0 Å². The standard InChI is InChI=1S/C10H14BrNS/c1-9(2,10(12)3-4-10)7-5-8(11)13-6-7/h5-6H,3-4,12H2,1-2H3. The monoisotopic (exact) mass is 259 g/mol. The maximum atomic E-state index is 6.25. The molecule has 0 bridgehead atoms. The molecule has 1 saturated carbocycles. The fourth-order valence-electron chi connectivity index (χ4n) is 1.68. The Morgan fingerprint density at radius 3 is 2.54 bits per heavy atom. The molecule has 0 amide bonds. The molecular weight excluding hydrogens is 246 g/mol. The lowest BCUT2D eigenvalue weighted by Gasteiger charge is -2.31. The highest BCUT2D eigenvalue weighted by molar-refractivity contribution is 9.11. The molecule has 0 aliphatic heterocycles. The smallest absolute Gasteiger partial charge is 0.0701 e. The molecule has 0 atom stereocenters. The third-order valence-electron chi connectivity index (χ3n) is 3.32. The van der Waals surface area contributed by atoms with Gasteiger partial charge >= 0.3 is 0 Å². The molecule has 1 aromatic heterocycles. The molecule has 0 spiro atoms. The molecule has 1 aliphatic carbocycles. The maximum absolute atomic E-state index is 6.25. The molecule has 0 saturated heterocycles. The van der Waals surface area contributed by atoms with E-state index in [0.717, 1.165) is 12.8 Å². The van der Waals surface area contributed by atoms with Crippen LogP contribution in [0.25, 0.3) is 0 Å².